The smallest absolute Gasteiger partial charge is 0.326 e. The van der Waals surface area contributed by atoms with Crippen LogP contribution in [0.4, 0.5) is 0 Å². The highest BCUT2D eigenvalue weighted by Crippen LogP contribution is 2.06. The Hall–Kier alpha value is -3.86. The summed E-state index contributed by atoms with van der Waals surface area (Å²) in [5, 5.41) is 16.8. The van der Waals surface area contributed by atoms with Crippen LogP contribution in [0.25, 0.3) is 0 Å². The van der Waals surface area contributed by atoms with Gasteiger partial charge in [0.05, 0.1) is 18.8 Å². The lowest BCUT2D eigenvalue weighted by Crippen LogP contribution is -2.58. The van der Waals surface area contributed by atoms with Crippen LogP contribution in [0.5, 0.6) is 0 Å². The number of nitrogens with one attached hydrogen (secondary N) is 4. The fourth-order valence-electron chi connectivity index (χ4n) is 3.23. The number of hydrogen-bond acceptors (Lipinski definition) is 9. The number of aliphatic imine (C=N–C) groups is 1. The zero-order valence-corrected chi connectivity index (χ0v) is 21.8. The Balaban J connectivity index is 2.90. The van der Waals surface area contributed by atoms with Crippen molar-refractivity contribution in [2.24, 2.45) is 27.9 Å². The number of aliphatic carboxylic acids is 1. The third kappa shape index (κ3) is 12.4. The minimum Gasteiger partial charge on any atom is -0.480 e. The molecule has 1 heterocycles. The maximum absolute atomic E-state index is 13.0. The molecule has 1 aromatic heterocycles. The number of primary amides is 1. The Morgan fingerprint density at radius 3 is 2.21 bits per heavy atom. The molecule has 0 radical (unpaired) electrons. The molecule has 0 aromatic carbocycles. The van der Waals surface area contributed by atoms with Gasteiger partial charge in [0.1, 0.15) is 18.1 Å². The van der Waals surface area contributed by atoms with Gasteiger partial charge in [0.15, 0.2) is 5.96 Å². The number of aromatic amines is 1. The first-order valence-corrected chi connectivity index (χ1v) is 13.0. The molecule has 1 aromatic rings. The molecule has 0 aliphatic carbocycles. The van der Waals surface area contributed by atoms with Crippen molar-refractivity contribution in [2.45, 2.75) is 56.3 Å². The Labute approximate surface area is 223 Å². The van der Waals surface area contributed by atoms with Crippen LogP contribution in [0.1, 0.15) is 31.4 Å². The Bertz CT molecular complexity index is 970. The number of carboxylic acids is 1. The van der Waals surface area contributed by atoms with E-state index < -0.39 is 60.2 Å². The normalized spacial score (nSPS) is 13.8. The minimum atomic E-state index is -1.41. The number of hydrogen-bond donors (Lipinski definition) is 9. The van der Waals surface area contributed by atoms with Gasteiger partial charge in [-0.3, -0.25) is 24.2 Å². The SMILES string of the molecule is CSCCC(NC(=O)C(CC(N)=O)NC(=O)C(N)Cc1cnc[nH]1)C(=O)NC(CCCN=C(N)N)C(=O)O. The van der Waals surface area contributed by atoms with Gasteiger partial charge in [-0.1, -0.05) is 0 Å². The van der Waals surface area contributed by atoms with E-state index in [0.29, 0.717) is 11.4 Å². The van der Waals surface area contributed by atoms with Crippen LogP contribution in [0, 0.1) is 0 Å². The second-order valence-corrected chi connectivity index (χ2v) is 9.30. The summed E-state index contributed by atoms with van der Waals surface area (Å²) in [6.45, 7) is 0.172. The van der Waals surface area contributed by atoms with Crippen LogP contribution in [-0.2, 0) is 30.4 Å². The molecule has 0 aliphatic rings. The summed E-state index contributed by atoms with van der Waals surface area (Å²) in [6, 6.07) is -4.89. The third-order valence-electron chi connectivity index (χ3n) is 5.17. The highest BCUT2D eigenvalue weighted by Gasteiger charge is 2.31. The van der Waals surface area contributed by atoms with Crippen molar-refractivity contribution >= 4 is 47.3 Å². The molecule has 0 fully saturated rings. The molecule has 0 spiro atoms. The molecular formula is C21H36N10O6S. The minimum absolute atomic E-state index is 0.0373. The van der Waals surface area contributed by atoms with Crippen molar-refractivity contribution < 1.29 is 29.1 Å². The Morgan fingerprint density at radius 1 is 1.03 bits per heavy atom. The zero-order chi connectivity index (χ0) is 28.7. The number of imidazole rings is 1. The van der Waals surface area contributed by atoms with Crippen LogP contribution < -0.4 is 38.9 Å². The quantitative estimate of drug-likeness (QED) is 0.0485. The number of guanidine groups is 1. The molecule has 1 rings (SSSR count). The van der Waals surface area contributed by atoms with E-state index >= 15 is 0 Å². The predicted molar refractivity (Wildman–Crippen MR) is 140 cm³/mol. The summed E-state index contributed by atoms with van der Waals surface area (Å²) in [5.74, 6) is -4.16. The highest BCUT2D eigenvalue weighted by molar-refractivity contribution is 7.98. The molecule has 16 nitrogen and oxygen atoms in total. The highest BCUT2D eigenvalue weighted by atomic mass is 32.2. The number of rotatable bonds is 18. The first-order chi connectivity index (χ1) is 17.9. The number of aromatic nitrogens is 2. The number of amides is 4. The summed E-state index contributed by atoms with van der Waals surface area (Å²) in [4.78, 5) is 72.1. The van der Waals surface area contributed by atoms with Crippen molar-refractivity contribution in [3.05, 3.63) is 18.2 Å². The number of nitrogens with two attached hydrogens (primary N) is 4. The van der Waals surface area contributed by atoms with Gasteiger partial charge < -0.3 is 49.0 Å². The van der Waals surface area contributed by atoms with Crippen molar-refractivity contribution in [1.82, 2.24) is 25.9 Å². The number of carbonyl (C=O) groups excluding carboxylic acids is 4. The molecule has 0 saturated heterocycles. The molecule has 13 N–H and O–H groups in total. The molecule has 4 atom stereocenters. The summed E-state index contributed by atoms with van der Waals surface area (Å²) in [5.41, 5.74) is 22.2. The zero-order valence-electron chi connectivity index (χ0n) is 21.0. The summed E-state index contributed by atoms with van der Waals surface area (Å²) in [6.07, 6.45) is 4.71. The van der Waals surface area contributed by atoms with Crippen molar-refractivity contribution in [1.29, 1.82) is 0 Å². The lowest BCUT2D eigenvalue weighted by Gasteiger charge is -2.24. The molecule has 17 heteroatoms. The van der Waals surface area contributed by atoms with Gasteiger partial charge in [-0.2, -0.15) is 11.8 Å². The molecule has 4 unspecified atom stereocenters. The molecule has 0 saturated carbocycles. The van der Waals surface area contributed by atoms with E-state index in [2.05, 4.69) is 30.9 Å². The molecule has 38 heavy (non-hydrogen) atoms. The number of thioether (sulfide) groups is 1. The van der Waals surface area contributed by atoms with E-state index in [1.165, 1.54) is 24.3 Å². The summed E-state index contributed by atoms with van der Waals surface area (Å²) >= 11 is 1.40. The molecule has 4 amide bonds. The van der Waals surface area contributed by atoms with E-state index in [0.717, 1.165) is 0 Å². The summed E-state index contributed by atoms with van der Waals surface area (Å²) < 4.78 is 0. The van der Waals surface area contributed by atoms with Crippen LogP contribution in [0.3, 0.4) is 0 Å². The standard InChI is InChI=1S/C21H36N10O6S/c1-38-6-4-13(18(34)30-14(20(36)37)3-2-5-27-21(24)25)29-19(35)15(8-16(23)32)31-17(33)12(22)7-11-9-26-10-28-11/h9-10,12-15H,2-8,22H2,1H3,(H2,23,32)(H,26,28)(H,29,35)(H,30,34)(H,31,33)(H,36,37)(H4,24,25,27). The number of carbonyl (C=O) groups is 5. The van der Waals surface area contributed by atoms with E-state index in [-0.39, 0.29) is 38.2 Å². The summed E-state index contributed by atoms with van der Waals surface area (Å²) in [7, 11) is 0. The number of carboxylic acid groups (broad SMARTS) is 1. The third-order valence-corrected chi connectivity index (χ3v) is 5.82. The predicted octanol–water partition coefficient (Wildman–Crippen LogP) is -3.50. The van der Waals surface area contributed by atoms with E-state index in [9.17, 15) is 29.1 Å². The van der Waals surface area contributed by atoms with Gasteiger partial charge in [-0.25, -0.2) is 9.78 Å². The van der Waals surface area contributed by atoms with Gasteiger partial charge >= 0.3 is 5.97 Å². The first kappa shape index (κ1) is 32.2. The Kier molecular flexibility index (Phi) is 14.2. The fourth-order valence-corrected chi connectivity index (χ4v) is 3.70. The molecule has 212 valence electrons. The van der Waals surface area contributed by atoms with Crippen molar-refractivity contribution in [2.75, 3.05) is 18.6 Å². The van der Waals surface area contributed by atoms with Crippen LogP contribution in [-0.4, -0.2) is 93.4 Å². The Morgan fingerprint density at radius 2 is 1.66 bits per heavy atom. The van der Waals surface area contributed by atoms with Crippen LogP contribution >= 0.6 is 11.8 Å². The molecule has 0 bridgehead atoms. The average Bonchev–Trinajstić information content (AvgIpc) is 3.35. The van der Waals surface area contributed by atoms with Gasteiger partial charge in [0.25, 0.3) is 0 Å². The largest absolute Gasteiger partial charge is 0.480 e. The van der Waals surface area contributed by atoms with Crippen LogP contribution in [0.2, 0.25) is 0 Å². The molecular weight excluding hydrogens is 520 g/mol. The molecule has 0 aliphatic heterocycles. The fraction of sp³-hybridized carbons (Fsp3) is 0.571. The van der Waals surface area contributed by atoms with E-state index in [1.54, 1.807) is 6.26 Å². The van der Waals surface area contributed by atoms with Crippen LogP contribution in [0.15, 0.2) is 17.5 Å². The maximum Gasteiger partial charge on any atom is 0.326 e. The van der Waals surface area contributed by atoms with Crippen molar-refractivity contribution in [3.8, 4) is 0 Å². The average molecular weight is 557 g/mol. The first-order valence-electron chi connectivity index (χ1n) is 11.6. The van der Waals surface area contributed by atoms with E-state index in [1.807, 2.05) is 0 Å². The van der Waals surface area contributed by atoms with E-state index in [4.69, 9.17) is 22.9 Å². The maximum atomic E-state index is 13.0. The number of H-pyrrole nitrogens is 1. The lowest BCUT2D eigenvalue weighted by atomic mass is 10.1. The number of nitrogens with zero attached hydrogens (tertiary/aromatic N) is 2. The second-order valence-electron chi connectivity index (χ2n) is 8.31. The van der Waals surface area contributed by atoms with Gasteiger partial charge in [-0.05, 0) is 31.3 Å². The van der Waals surface area contributed by atoms with Gasteiger partial charge in [0, 0.05) is 24.9 Å². The van der Waals surface area contributed by atoms with Gasteiger partial charge in [0.2, 0.25) is 23.6 Å². The monoisotopic (exact) mass is 556 g/mol. The topological polar surface area (TPSA) is 287 Å². The van der Waals surface area contributed by atoms with Crippen molar-refractivity contribution in [3.63, 3.8) is 0 Å². The lowest BCUT2D eigenvalue weighted by molar-refractivity contribution is -0.142. The second kappa shape index (κ2) is 16.8. The van der Waals surface area contributed by atoms with Gasteiger partial charge in [-0.15, -0.1) is 0 Å².